The van der Waals surface area contributed by atoms with E-state index in [2.05, 4.69) is 46.7 Å². The monoisotopic (exact) mass is 851 g/mol. The summed E-state index contributed by atoms with van der Waals surface area (Å²) < 4.78 is 18.7. The van der Waals surface area contributed by atoms with Gasteiger partial charge in [0, 0.05) is 74.0 Å². The van der Waals surface area contributed by atoms with Crippen LogP contribution in [0.3, 0.4) is 0 Å². The molecule has 60 heavy (non-hydrogen) atoms. The van der Waals surface area contributed by atoms with Gasteiger partial charge in [-0.1, -0.05) is 23.7 Å². The summed E-state index contributed by atoms with van der Waals surface area (Å²) >= 11 is 6.48. The van der Waals surface area contributed by atoms with Gasteiger partial charge in [0.25, 0.3) is 11.8 Å². The molecule has 0 saturated carbocycles. The third kappa shape index (κ3) is 7.58. The van der Waals surface area contributed by atoms with Crippen molar-refractivity contribution in [2.45, 2.75) is 50.2 Å². The predicted octanol–water partition coefficient (Wildman–Crippen LogP) is 5.45. The number of anilines is 6. The summed E-state index contributed by atoms with van der Waals surface area (Å²) in [5, 5.41) is 9.82. The number of amides is 4. The van der Waals surface area contributed by atoms with Crippen LogP contribution in [0.5, 0.6) is 5.75 Å². The number of methoxy groups -OCH3 is 1. The van der Waals surface area contributed by atoms with Crippen molar-refractivity contribution >= 4 is 82.2 Å². The van der Waals surface area contributed by atoms with Crippen LogP contribution in [0.1, 0.15) is 52.8 Å². The fourth-order valence-corrected chi connectivity index (χ4v) is 10.7. The number of halogens is 1. The molecule has 2 bridgehead atoms. The molecule has 6 aliphatic rings. The van der Waals surface area contributed by atoms with Gasteiger partial charge in [-0.15, -0.1) is 0 Å². The summed E-state index contributed by atoms with van der Waals surface area (Å²) in [7, 11) is -0.914. The number of hydrogen-bond donors (Lipinski definition) is 3. The lowest BCUT2D eigenvalue weighted by Gasteiger charge is -2.58. The van der Waals surface area contributed by atoms with Crippen molar-refractivity contribution in [1.82, 2.24) is 25.1 Å². The molecule has 17 heteroatoms. The second-order valence-corrected chi connectivity index (χ2v) is 20.3. The standard InChI is InChI=1S/C43H47ClN9O6P/c1-59-36-20-26(9-11-33(36)47-43-45-21-32(44)39(49-43)46-34-6-4-5-7-37(34)60(2,3)58)51-16-14-25(15-17-51)22-50-23-28-18-29(24-50)52(28)27-8-10-30-31(19-27)42(57)53(41(30)56)35-12-13-38(54)48-40(35)55/h4-11,19-21,25,28-29,35H,12-18,22-24H2,1-3H3,(H,48,54,55)(H2,45,46,47,49). The number of ether oxygens (including phenoxy) is 1. The number of aromatic nitrogens is 2. The second-order valence-electron chi connectivity index (χ2n) is 16.7. The van der Waals surface area contributed by atoms with Crippen molar-refractivity contribution in [1.29, 1.82) is 0 Å². The van der Waals surface area contributed by atoms with Crippen molar-refractivity contribution in [2.75, 3.05) is 73.6 Å². The topological polar surface area (TPSA) is 169 Å². The smallest absolute Gasteiger partial charge is 0.262 e. The summed E-state index contributed by atoms with van der Waals surface area (Å²) in [5.74, 6) is 0.0145. The van der Waals surface area contributed by atoms with Crippen LogP contribution >= 0.6 is 18.7 Å². The zero-order valence-electron chi connectivity index (χ0n) is 33.7. The van der Waals surface area contributed by atoms with Gasteiger partial charge in [-0.3, -0.25) is 34.3 Å². The number of piperidine rings is 3. The molecule has 3 unspecified atom stereocenters. The number of piperazine rings is 1. The molecule has 7 heterocycles. The molecule has 15 nitrogen and oxygen atoms in total. The first kappa shape index (κ1) is 39.9. The first-order valence-electron chi connectivity index (χ1n) is 20.3. The SMILES string of the molecule is COc1cc(N2CCC(CN3CC4CC(C3)N4c3ccc4c(c3)C(=O)N(C3CCC(=O)NC3=O)C4=O)CC2)ccc1Nc1ncc(Cl)c(Nc2ccccc2P(C)(C)=O)n1. The minimum atomic E-state index is -2.56. The Bertz CT molecular complexity index is 2440. The number of imide groups is 2. The summed E-state index contributed by atoms with van der Waals surface area (Å²) in [4.78, 5) is 68.2. The van der Waals surface area contributed by atoms with E-state index in [1.165, 1.54) is 6.20 Å². The van der Waals surface area contributed by atoms with Crippen LogP contribution in [0.25, 0.3) is 0 Å². The number of nitrogens with one attached hydrogen (secondary N) is 3. The third-order valence-electron chi connectivity index (χ3n) is 12.4. The quantitative estimate of drug-likeness (QED) is 0.129. The van der Waals surface area contributed by atoms with Crippen LogP contribution in [0.15, 0.2) is 66.9 Å². The van der Waals surface area contributed by atoms with Gasteiger partial charge < -0.3 is 29.7 Å². The van der Waals surface area contributed by atoms with E-state index in [1.54, 1.807) is 26.5 Å². The highest BCUT2D eigenvalue weighted by Gasteiger charge is 2.48. The van der Waals surface area contributed by atoms with Gasteiger partial charge in [0.05, 0.1) is 35.8 Å². The molecule has 0 radical (unpaired) electrons. The number of fused-ring (bicyclic) bond motifs is 3. The second kappa shape index (κ2) is 15.8. The van der Waals surface area contributed by atoms with E-state index < -0.39 is 30.9 Å². The first-order chi connectivity index (χ1) is 28.8. The first-order valence-corrected chi connectivity index (χ1v) is 23.3. The number of hydrogen-bond acceptors (Lipinski definition) is 13. The van der Waals surface area contributed by atoms with Crippen molar-refractivity contribution in [3.63, 3.8) is 0 Å². The summed E-state index contributed by atoms with van der Waals surface area (Å²) in [6, 6.07) is 18.6. The fraction of sp³-hybridized carbons (Fsp3) is 0.395. The zero-order chi connectivity index (χ0) is 41.9. The molecule has 3 atom stereocenters. The molecule has 10 rings (SSSR count). The maximum absolute atomic E-state index is 13.4. The molecule has 3 aromatic carbocycles. The molecule has 312 valence electrons. The largest absolute Gasteiger partial charge is 0.494 e. The minimum absolute atomic E-state index is 0.0927. The van der Waals surface area contributed by atoms with Gasteiger partial charge in [0.15, 0.2) is 5.82 Å². The number of rotatable bonds is 11. The van der Waals surface area contributed by atoms with Gasteiger partial charge in [-0.05, 0) is 87.4 Å². The molecule has 1 aromatic heterocycles. The number of benzene rings is 3. The highest BCUT2D eigenvalue weighted by molar-refractivity contribution is 7.70. The van der Waals surface area contributed by atoms with Gasteiger partial charge >= 0.3 is 0 Å². The van der Waals surface area contributed by atoms with Crippen LogP contribution in [0.2, 0.25) is 5.02 Å². The van der Waals surface area contributed by atoms with Gasteiger partial charge in [-0.2, -0.15) is 4.98 Å². The van der Waals surface area contributed by atoms with Gasteiger partial charge in [-0.25, -0.2) is 4.98 Å². The average molecular weight is 852 g/mol. The van der Waals surface area contributed by atoms with E-state index in [9.17, 15) is 23.7 Å². The Labute approximate surface area is 353 Å². The summed E-state index contributed by atoms with van der Waals surface area (Å²) in [6.07, 6.45) is 4.99. The molecular formula is C43H47ClN9O6P. The van der Waals surface area contributed by atoms with Crippen LogP contribution in [-0.2, 0) is 14.2 Å². The molecule has 3 N–H and O–H groups in total. The van der Waals surface area contributed by atoms with Gasteiger partial charge in [0.1, 0.15) is 24.0 Å². The molecule has 5 fully saturated rings. The Balaban J connectivity index is 0.784. The Morgan fingerprint density at radius 1 is 0.883 bits per heavy atom. The normalized spacial score (nSPS) is 22.1. The Hall–Kier alpha value is -5.50. The van der Waals surface area contributed by atoms with Crippen molar-refractivity contribution in [3.05, 3.63) is 83.0 Å². The molecule has 0 spiro atoms. The zero-order valence-corrected chi connectivity index (χ0v) is 35.3. The van der Waals surface area contributed by atoms with E-state index in [0.29, 0.717) is 68.3 Å². The van der Waals surface area contributed by atoms with Gasteiger partial charge in [0.2, 0.25) is 17.8 Å². The molecular weight excluding hydrogens is 805 g/mol. The summed E-state index contributed by atoms with van der Waals surface area (Å²) in [6.45, 7) is 8.25. The molecule has 0 aliphatic carbocycles. The van der Waals surface area contributed by atoms with E-state index in [4.69, 9.17) is 16.3 Å². The minimum Gasteiger partial charge on any atom is -0.494 e. The average Bonchev–Trinajstić information content (AvgIpc) is 3.47. The predicted molar refractivity (Wildman–Crippen MR) is 231 cm³/mol. The Kier molecular flexibility index (Phi) is 10.5. The number of para-hydroxylation sites is 1. The maximum Gasteiger partial charge on any atom is 0.262 e. The van der Waals surface area contributed by atoms with Crippen LogP contribution in [0.4, 0.5) is 34.5 Å². The lowest BCUT2D eigenvalue weighted by Crippen LogP contribution is -2.69. The number of carbonyl (C=O) groups excluding carboxylic acids is 4. The molecule has 6 aliphatic heterocycles. The summed E-state index contributed by atoms with van der Waals surface area (Å²) in [5.41, 5.74) is 4.03. The number of carbonyl (C=O) groups is 4. The molecule has 5 saturated heterocycles. The van der Waals surface area contributed by atoms with Crippen molar-refractivity contribution in [3.8, 4) is 5.75 Å². The third-order valence-corrected chi connectivity index (χ3v) is 14.2. The lowest BCUT2D eigenvalue weighted by molar-refractivity contribution is -0.136. The highest BCUT2D eigenvalue weighted by Crippen LogP contribution is 2.41. The van der Waals surface area contributed by atoms with E-state index >= 15 is 0 Å². The highest BCUT2D eigenvalue weighted by atomic mass is 35.5. The van der Waals surface area contributed by atoms with Crippen LogP contribution in [-0.4, -0.2) is 115 Å². The Morgan fingerprint density at radius 2 is 1.62 bits per heavy atom. The van der Waals surface area contributed by atoms with Crippen LogP contribution < -0.4 is 35.8 Å². The van der Waals surface area contributed by atoms with E-state index in [1.807, 2.05) is 48.5 Å². The number of nitrogens with zero attached hydrogens (tertiary/aromatic N) is 6. The molecule has 4 amide bonds. The maximum atomic E-state index is 13.4. The van der Waals surface area contributed by atoms with E-state index in [-0.39, 0.29) is 18.7 Å². The Morgan fingerprint density at radius 3 is 2.35 bits per heavy atom. The van der Waals surface area contributed by atoms with E-state index in [0.717, 1.165) is 68.3 Å². The molecule has 4 aromatic rings. The lowest BCUT2D eigenvalue weighted by atomic mass is 9.85. The van der Waals surface area contributed by atoms with Crippen molar-refractivity contribution in [2.24, 2.45) is 5.92 Å². The fourth-order valence-electron chi connectivity index (χ4n) is 9.42. The van der Waals surface area contributed by atoms with Crippen molar-refractivity contribution < 1.29 is 28.5 Å². The van der Waals surface area contributed by atoms with Crippen LogP contribution in [0, 0.1) is 5.92 Å².